The van der Waals surface area contributed by atoms with Crippen LogP contribution < -0.4 is 10.2 Å². The largest absolute Gasteiger partial charge is 0.310 e. The van der Waals surface area contributed by atoms with Crippen LogP contribution in [0.25, 0.3) is 5.57 Å². The number of anilines is 3. The Kier molecular flexibility index (Phi) is 9.05. The molecule has 2 nitrogen and oxygen atoms in total. The van der Waals surface area contributed by atoms with Gasteiger partial charge in [0.05, 0.1) is 16.8 Å². The molecule has 0 bridgehead atoms. The molecule has 0 fully saturated rings. The number of nitrogens with zero attached hydrogens (tertiary/aromatic N) is 1. The molecule has 0 saturated heterocycles. The van der Waals surface area contributed by atoms with Gasteiger partial charge in [0.2, 0.25) is 0 Å². The summed E-state index contributed by atoms with van der Waals surface area (Å²) in [5.41, 5.74) is 15.4. The SMILES string of the molecule is C1=CCCC(C2C=CC(C3(C4C=CC(C5=CC(c6ccccc6)=CC(c6ccccc6)[NH2+]5)=CC4)c4ccccc4N(c4ccccc4)c4ccccc43)=CC2)=C1. The highest BCUT2D eigenvalue weighted by Gasteiger charge is 2.50. The van der Waals surface area contributed by atoms with Gasteiger partial charge in [-0.3, -0.25) is 0 Å². The van der Waals surface area contributed by atoms with E-state index in [0.717, 1.165) is 25.7 Å². The molecule has 2 heteroatoms. The highest BCUT2D eigenvalue weighted by molar-refractivity contribution is 5.88. The van der Waals surface area contributed by atoms with E-state index in [1.54, 1.807) is 5.57 Å². The lowest BCUT2D eigenvalue weighted by molar-refractivity contribution is -0.636. The van der Waals surface area contributed by atoms with Crippen molar-refractivity contribution in [2.24, 2.45) is 11.8 Å². The minimum absolute atomic E-state index is 0.200. The van der Waals surface area contributed by atoms with E-state index >= 15 is 0 Å². The number of benzene rings is 5. The van der Waals surface area contributed by atoms with Crippen LogP contribution in [0.4, 0.5) is 17.1 Å². The van der Waals surface area contributed by atoms with Crippen molar-refractivity contribution in [3.05, 3.63) is 251 Å². The summed E-state index contributed by atoms with van der Waals surface area (Å²) in [6, 6.07) is 51.2. The molecular weight excluding hydrogens is 677 g/mol. The van der Waals surface area contributed by atoms with Crippen molar-refractivity contribution in [3.63, 3.8) is 0 Å². The molecule has 0 radical (unpaired) electrons. The van der Waals surface area contributed by atoms with Gasteiger partial charge in [0.15, 0.2) is 0 Å². The zero-order valence-electron chi connectivity index (χ0n) is 31.7. The lowest BCUT2D eigenvalue weighted by Gasteiger charge is -2.50. The third-order valence-electron chi connectivity index (χ3n) is 12.5. The van der Waals surface area contributed by atoms with Gasteiger partial charge < -0.3 is 10.2 Å². The fourth-order valence-corrected chi connectivity index (χ4v) is 9.89. The third kappa shape index (κ3) is 6.02. The van der Waals surface area contributed by atoms with Crippen LogP contribution in [0.5, 0.6) is 0 Å². The van der Waals surface area contributed by atoms with E-state index in [4.69, 9.17) is 0 Å². The highest BCUT2D eigenvalue weighted by Crippen LogP contribution is 2.60. The minimum atomic E-state index is -0.383. The van der Waals surface area contributed by atoms with Gasteiger partial charge in [-0.1, -0.05) is 176 Å². The first-order chi connectivity index (χ1) is 27.8. The Morgan fingerprint density at radius 3 is 1.95 bits per heavy atom. The second kappa shape index (κ2) is 14.8. The topological polar surface area (TPSA) is 19.9 Å². The Morgan fingerprint density at radius 2 is 1.30 bits per heavy atom. The Bertz CT molecular complexity index is 2460. The first-order valence-electron chi connectivity index (χ1n) is 20.3. The van der Waals surface area contributed by atoms with Crippen molar-refractivity contribution in [1.82, 2.24) is 0 Å². The van der Waals surface area contributed by atoms with Gasteiger partial charge in [0.25, 0.3) is 0 Å². The molecule has 3 aliphatic carbocycles. The summed E-state index contributed by atoms with van der Waals surface area (Å²) < 4.78 is 0. The predicted octanol–water partition coefficient (Wildman–Crippen LogP) is 12.3. The molecule has 10 rings (SSSR count). The molecule has 5 aromatic carbocycles. The molecule has 5 aliphatic rings. The quantitative estimate of drug-likeness (QED) is 0.177. The minimum Gasteiger partial charge on any atom is -0.310 e. The van der Waals surface area contributed by atoms with Gasteiger partial charge in [-0.05, 0) is 89.8 Å². The van der Waals surface area contributed by atoms with E-state index in [9.17, 15) is 0 Å². The summed E-state index contributed by atoms with van der Waals surface area (Å²) in [6.07, 6.45) is 31.0. The molecule has 56 heavy (non-hydrogen) atoms. The lowest BCUT2D eigenvalue weighted by atomic mass is 9.56. The zero-order chi connectivity index (χ0) is 37.3. The highest BCUT2D eigenvalue weighted by atomic mass is 15.2. The van der Waals surface area contributed by atoms with Crippen LogP contribution in [-0.2, 0) is 5.41 Å². The van der Waals surface area contributed by atoms with E-state index in [-0.39, 0.29) is 17.4 Å². The molecular formula is C54H47N2+. The van der Waals surface area contributed by atoms with Crippen LogP contribution in [0.3, 0.4) is 0 Å². The van der Waals surface area contributed by atoms with Crippen LogP contribution in [0, 0.1) is 11.8 Å². The van der Waals surface area contributed by atoms with E-state index < -0.39 is 0 Å². The molecule has 272 valence electrons. The second-order valence-corrected chi connectivity index (χ2v) is 15.6. The number of hydrogen-bond acceptors (Lipinski definition) is 1. The van der Waals surface area contributed by atoms with Crippen molar-refractivity contribution >= 4 is 22.6 Å². The Hall–Kier alpha value is -6.22. The maximum atomic E-state index is 2.58. The maximum absolute atomic E-state index is 2.58. The van der Waals surface area contributed by atoms with Gasteiger partial charge in [0, 0.05) is 28.8 Å². The zero-order valence-corrected chi connectivity index (χ0v) is 31.7. The average molecular weight is 724 g/mol. The van der Waals surface area contributed by atoms with E-state index in [1.807, 2.05) is 0 Å². The van der Waals surface area contributed by atoms with Crippen LogP contribution in [0.1, 0.15) is 54.0 Å². The first-order valence-corrected chi connectivity index (χ1v) is 20.3. The number of para-hydroxylation sites is 3. The van der Waals surface area contributed by atoms with Gasteiger partial charge in [-0.15, -0.1) is 0 Å². The molecule has 2 N–H and O–H groups in total. The molecule has 0 amide bonds. The van der Waals surface area contributed by atoms with Crippen LogP contribution >= 0.6 is 0 Å². The summed E-state index contributed by atoms with van der Waals surface area (Å²) in [5.74, 6) is 0.649. The smallest absolute Gasteiger partial charge is 0.137 e. The number of allylic oxidation sites excluding steroid dienone is 13. The Morgan fingerprint density at radius 1 is 0.625 bits per heavy atom. The summed E-state index contributed by atoms with van der Waals surface area (Å²) in [6.45, 7) is 0. The molecule has 0 saturated carbocycles. The van der Waals surface area contributed by atoms with Crippen molar-refractivity contribution < 1.29 is 5.32 Å². The normalized spacial score (nSPS) is 22.2. The summed E-state index contributed by atoms with van der Waals surface area (Å²) in [4.78, 5) is 2.48. The van der Waals surface area contributed by atoms with Crippen LogP contribution in [0.15, 0.2) is 229 Å². The van der Waals surface area contributed by atoms with E-state index in [2.05, 4.69) is 217 Å². The van der Waals surface area contributed by atoms with Gasteiger partial charge in [-0.25, -0.2) is 0 Å². The Labute approximate surface area is 331 Å². The summed E-state index contributed by atoms with van der Waals surface area (Å²) >= 11 is 0. The molecule has 2 heterocycles. The summed E-state index contributed by atoms with van der Waals surface area (Å²) in [7, 11) is 0. The van der Waals surface area contributed by atoms with Crippen molar-refractivity contribution in [2.45, 2.75) is 37.1 Å². The van der Waals surface area contributed by atoms with E-state index in [0.29, 0.717) is 5.92 Å². The second-order valence-electron chi connectivity index (χ2n) is 15.6. The molecule has 0 aromatic heterocycles. The number of hydrogen-bond donors (Lipinski definition) is 1. The fourth-order valence-electron chi connectivity index (χ4n) is 9.89. The third-order valence-corrected chi connectivity index (χ3v) is 12.5. The van der Waals surface area contributed by atoms with Gasteiger partial charge >= 0.3 is 0 Å². The number of fused-ring (bicyclic) bond motifs is 2. The molecule has 3 atom stereocenters. The Balaban J connectivity index is 1.09. The molecule has 2 aliphatic heterocycles. The molecule has 3 unspecified atom stereocenters. The fraction of sp³-hybridized carbons (Fsp3) is 0.148. The lowest BCUT2D eigenvalue weighted by Crippen LogP contribution is -2.83. The average Bonchev–Trinajstić information content (AvgIpc) is 3.29. The van der Waals surface area contributed by atoms with Gasteiger partial charge in [-0.2, -0.15) is 0 Å². The van der Waals surface area contributed by atoms with Crippen molar-refractivity contribution in [1.29, 1.82) is 0 Å². The van der Waals surface area contributed by atoms with Crippen molar-refractivity contribution in [2.75, 3.05) is 4.90 Å². The van der Waals surface area contributed by atoms with E-state index in [1.165, 1.54) is 61.7 Å². The standard InChI is InChI=1S/C54H46N2/c1-5-17-39(18-6-1)41-29-33-45(34-30-41)54(48-25-13-15-27-52(48)56(47-23-11-4-12-24-47)53-28-16-14-26-49(53)54)46-35-31-43(32-36-46)51-38-44(40-19-7-2-8-20-40)37-50(55-51)42-21-9-3-10-22-42/h1-5,7-17,19-29,31-35,37-38,41,46,50,55H,6,18,30,36H2/p+1. The van der Waals surface area contributed by atoms with Gasteiger partial charge in [0.1, 0.15) is 11.7 Å². The monoisotopic (exact) mass is 723 g/mol. The number of nitrogens with two attached hydrogens (primary N) is 1. The molecule has 0 spiro atoms. The summed E-state index contributed by atoms with van der Waals surface area (Å²) in [5, 5.41) is 2.46. The first kappa shape index (κ1) is 34.3. The van der Waals surface area contributed by atoms with Crippen molar-refractivity contribution in [3.8, 4) is 0 Å². The van der Waals surface area contributed by atoms with Crippen LogP contribution in [-0.4, -0.2) is 0 Å². The number of rotatable bonds is 7. The maximum Gasteiger partial charge on any atom is 0.137 e. The predicted molar refractivity (Wildman–Crippen MR) is 233 cm³/mol. The molecule has 5 aromatic rings. The van der Waals surface area contributed by atoms with Crippen LogP contribution in [0.2, 0.25) is 0 Å². The number of quaternary nitrogens is 1.